The molecule has 2 spiro atoms. The molecule has 0 radical (unpaired) electrons. The van der Waals surface area contributed by atoms with Crippen LogP contribution in [0.5, 0.6) is 12.0 Å². The number of halogens is 6. The van der Waals surface area contributed by atoms with Gasteiger partial charge in [0.2, 0.25) is 0 Å². The molecule has 8 aliphatic heterocycles. The number of piperidine rings is 6. The molecule has 6 saturated heterocycles. The number of rotatable bonds is 1. The third kappa shape index (κ3) is 3.59. The van der Waals surface area contributed by atoms with Crippen LogP contribution >= 0.6 is 0 Å². The van der Waals surface area contributed by atoms with Crippen LogP contribution in [0.25, 0.3) is 22.1 Å². The van der Waals surface area contributed by atoms with Crippen molar-refractivity contribution < 1.29 is 35.8 Å². The Hall–Kier alpha value is -3.52. The van der Waals surface area contributed by atoms with Gasteiger partial charge in [-0.05, 0) is 62.7 Å². The van der Waals surface area contributed by atoms with E-state index >= 15 is 13.2 Å². The molecule has 0 aliphatic carbocycles. The highest BCUT2D eigenvalue weighted by molar-refractivity contribution is 5.83. The first-order chi connectivity index (χ1) is 21.9. The number of ether oxygens (including phenoxy) is 2. The van der Waals surface area contributed by atoms with Gasteiger partial charge in [-0.25, -0.2) is 0 Å². The van der Waals surface area contributed by atoms with Gasteiger partial charge in [0, 0.05) is 37.4 Å². The van der Waals surface area contributed by atoms with E-state index in [4.69, 9.17) is 9.47 Å². The molecule has 8 aliphatic rings. The van der Waals surface area contributed by atoms with Crippen LogP contribution in [0, 0.1) is 11.8 Å². The molecule has 0 N–H and O–H groups in total. The zero-order valence-electron chi connectivity index (χ0n) is 24.7. The highest BCUT2D eigenvalue weighted by Gasteiger charge is 2.59. The van der Waals surface area contributed by atoms with E-state index in [0.29, 0.717) is 49.6 Å². The van der Waals surface area contributed by atoms with Gasteiger partial charge >= 0.3 is 12.4 Å². The van der Waals surface area contributed by atoms with Crippen LogP contribution in [0.4, 0.5) is 26.3 Å². The molecule has 3 unspecified atom stereocenters. The minimum Gasteiger partial charge on any atom is -0.454 e. The first-order valence-corrected chi connectivity index (χ1v) is 15.9. The van der Waals surface area contributed by atoms with E-state index in [-0.39, 0.29) is 41.1 Å². The molecule has 2 aromatic heterocycles. The van der Waals surface area contributed by atoms with Gasteiger partial charge in [-0.2, -0.15) is 36.3 Å². The molecule has 4 bridgehead atoms. The summed E-state index contributed by atoms with van der Waals surface area (Å²) in [6, 6.07) is 7.63. The number of alkyl halides is 6. The van der Waals surface area contributed by atoms with Crippen LogP contribution in [0.1, 0.15) is 41.9 Å². The second-order valence-corrected chi connectivity index (χ2v) is 14.1. The third-order valence-corrected chi connectivity index (χ3v) is 11.8. The molecule has 0 saturated carbocycles. The van der Waals surface area contributed by atoms with E-state index in [2.05, 4.69) is 19.8 Å². The summed E-state index contributed by atoms with van der Waals surface area (Å²) in [6.45, 7) is 5.12. The van der Waals surface area contributed by atoms with Gasteiger partial charge in [0.15, 0.2) is 0 Å². The van der Waals surface area contributed by atoms with Crippen LogP contribution in [0.3, 0.4) is 0 Å². The standard InChI is InChI=1S/C32H30F6N6O2/c33-31(34,35)21-2-1-3-22-25(21)39-27-44(22)16-30(46-27)14-42-11-8-20(30)19(12-42)18-4-5-23-26(24(18)32(36,37)38)40-28-43(23)15-29(45-28)13-41-9-6-17(29)7-10-41/h1-5,17,19-20H,6-16H2/t19?,20?,29-,30+/m1/s1. The summed E-state index contributed by atoms with van der Waals surface area (Å²) in [5.74, 6) is -0.466. The van der Waals surface area contributed by atoms with Gasteiger partial charge in [0.25, 0.3) is 12.0 Å². The van der Waals surface area contributed by atoms with Gasteiger partial charge in [0.05, 0.1) is 35.2 Å². The lowest BCUT2D eigenvalue weighted by atomic mass is 9.66. The second-order valence-electron chi connectivity index (χ2n) is 14.1. The Morgan fingerprint density at radius 2 is 1.35 bits per heavy atom. The van der Waals surface area contributed by atoms with Crippen molar-refractivity contribution in [2.24, 2.45) is 11.8 Å². The van der Waals surface area contributed by atoms with Crippen molar-refractivity contribution in [3.63, 3.8) is 0 Å². The zero-order valence-corrected chi connectivity index (χ0v) is 24.7. The van der Waals surface area contributed by atoms with Gasteiger partial charge in [0.1, 0.15) is 22.2 Å². The van der Waals surface area contributed by atoms with Crippen LogP contribution in [-0.4, -0.2) is 79.4 Å². The number of benzene rings is 2. The van der Waals surface area contributed by atoms with Crippen molar-refractivity contribution in [2.45, 2.75) is 61.8 Å². The molecule has 10 heterocycles. The van der Waals surface area contributed by atoms with E-state index in [1.165, 1.54) is 6.07 Å². The lowest BCUT2D eigenvalue weighted by Gasteiger charge is -2.54. The quantitative estimate of drug-likeness (QED) is 0.254. The fraction of sp³-hybridized carbons (Fsp3) is 0.562. The summed E-state index contributed by atoms with van der Waals surface area (Å²) in [5.41, 5.74) is -2.28. The summed E-state index contributed by atoms with van der Waals surface area (Å²) in [4.78, 5) is 13.3. The van der Waals surface area contributed by atoms with Gasteiger partial charge in [-0.1, -0.05) is 12.1 Å². The maximum Gasteiger partial charge on any atom is 0.418 e. The van der Waals surface area contributed by atoms with Crippen LogP contribution < -0.4 is 9.47 Å². The molecule has 12 rings (SSSR count). The second kappa shape index (κ2) is 8.68. The fourth-order valence-corrected chi connectivity index (χ4v) is 9.87. The topological polar surface area (TPSA) is 60.6 Å². The zero-order chi connectivity index (χ0) is 31.4. The number of para-hydroxylation sites is 1. The molecular formula is C32H30F6N6O2. The SMILES string of the molecule is FC(F)(F)c1cccc2c1nc1n2C[C@]2(CN3CCC2C(c2ccc4c(nc5n4C[C@@]4(CN6CCC4CC6)O5)c2C(F)(F)F)C3)O1. The Labute approximate surface area is 258 Å². The van der Waals surface area contributed by atoms with Gasteiger partial charge < -0.3 is 9.47 Å². The predicted octanol–water partition coefficient (Wildman–Crippen LogP) is 5.53. The number of fused-ring (bicyclic) bond motifs is 10. The highest BCUT2D eigenvalue weighted by Crippen LogP contribution is 2.54. The Morgan fingerprint density at radius 3 is 2.02 bits per heavy atom. The number of hydrogen-bond acceptors (Lipinski definition) is 6. The predicted molar refractivity (Wildman–Crippen MR) is 153 cm³/mol. The molecule has 0 amide bonds. The maximum absolute atomic E-state index is 15.1. The first kappa shape index (κ1) is 27.6. The Balaban J connectivity index is 1.03. The monoisotopic (exact) mass is 644 g/mol. The molecule has 5 atom stereocenters. The average molecular weight is 645 g/mol. The van der Waals surface area contributed by atoms with Crippen molar-refractivity contribution in [1.29, 1.82) is 0 Å². The maximum atomic E-state index is 15.1. The Morgan fingerprint density at radius 1 is 0.696 bits per heavy atom. The fourth-order valence-electron chi connectivity index (χ4n) is 9.87. The first-order valence-electron chi connectivity index (χ1n) is 15.9. The summed E-state index contributed by atoms with van der Waals surface area (Å²) in [6.07, 6.45) is -6.61. The number of nitrogens with zero attached hydrogens (tertiary/aromatic N) is 6. The number of aromatic nitrogens is 4. The lowest BCUT2D eigenvalue weighted by molar-refractivity contribution is -0.139. The van der Waals surface area contributed by atoms with Gasteiger partial charge in [-0.3, -0.25) is 18.9 Å². The molecule has 14 heteroatoms. The van der Waals surface area contributed by atoms with E-state index in [1.54, 1.807) is 22.8 Å². The Kier molecular flexibility index (Phi) is 5.21. The molecule has 46 heavy (non-hydrogen) atoms. The summed E-state index contributed by atoms with van der Waals surface area (Å²) in [7, 11) is 0. The third-order valence-electron chi connectivity index (χ3n) is 11.8. The van der Waals surface area contributed by atoms with E-state index in [0.717, 1.165) is 38.5 Å². The average Bonchev–Trinajstić information content (AvgIpc) is 3.72. The van der Waals surface area contributed by atoms with E-state index in [9.17, 15) is 13.2 Å². The van der Waals surface area contributed by atoms with Crippen LogP contribution in [-0.2, 0) is 25.4 Å². The normalized spacial score (nSPS) is 34.5. The van der Waals surface area contributed by atoms with E-state index < -0.39 is 40.6 Å². The smallest absolute Gasteiger partial charge is 0.418 e. The molecule has 8 nitrogen and oxygen atoms in total. The molecule has 2 aromatic carbocycles. The minimum absolute atomic E-state index is 0.0787. The lowest BCUT2D eigenvalue weighted by Crippen LogP contribution is -2.64. The highest BCUT2D eigenvalue weighted by atomic mass is 19.4. The molecular weight excluding hydrogens is 614 g/mol. The number of hydrogen-bond donors (Lipinski definition) is 0. The number of imidazole rings is 2. The van der Waals surface area contributed by atoms with Crippen LogP contribution in [0.15, 0.2) is 30.3 Å². The van der Waals surface area contributed by atoms with Gasteiger partial charge in [-0.15, -0.1) is 0 Å². The van der Waals surface area contributed by atoms with Crippen LogP contribution in [0.2, 0.25) is 0 Å². The molecule has 6 fully saturated rings. The molecule has 242 valence electrons. The Bertz CT molecular complexity index is 1940. The van der Waals surface area contributed by atoms with Crippen molar-refractivity contribution >= 4 is 22.1 Å². The van der Waals surface area contributed by atoms with Crippen molar-refractivity contribution in [3.8, 4) is 12.0 Å². The largest absolute Gasteiger partial charge is 0.454 e. The van der Waals surface area contributed by atoms with Crippen molar-refractivity contribution in [3.05, 3.63) is 47.0 Å². The summed E-state index contributed by atoms with van der Waals surface area (Å²) >= 11 is 0. The van der Waals surface area contributed by atoms with E-state index in [1.807, 2.05) is 4.57 Å². The van der Waals surface area contributed by atoms with Crippen molar-refractivity contribution in [1.82, 2.24) is 28.9 Å². The molecule has 4 aromatic rings. The van der Waals surface area contributed by atoms with Crippen molar-refractivity contribution in [2.75, 3.05) is 39.3 Å². The minimum atomic E-state index is -4.66. The summed E-state index contributed by atoms with van der Waals surface area (Å²) < 4.78 is 103. The summed E-state index contributed by atoms with van der Waals surface area (Å²) in [5, 5.41) is 0.